The van der Waals surface area contributed by atoms with E-state index in [2.05, 4.69) is 4.98 Å². The van der Waals surface area contributed by atoms with Crippen molar-refractivity contribution in [2.75, 3.05) is 26.2 Å². The predicted octanol–water partition coefficient (Wildman–Crippen LogP) is 1.83. The Bertz CT molecular complexity index is 1060. The van der Waals surface area contributed by atoms with Gasteiger partial charge in [0.25, 0.3) is 0 Å². The van der Waals surface area contributed by atoms with Gasteiger partial charge in [0.2, 0.25) is 15.9 Å². The van der Waals surface area contributed by atoms with Crippen LogP contribution in [0, 0.1) is 5.41 Å². The Morgan fingerprint density at radius 1 is 1.14 bits per heavy atom. The van der Waals surface area contributed by atoms with Gasteiger partial charge in [-0.25, -0.2) is 8.42 Å². The van der Waals surface area contributed by atoms with Gasteiger partial charge in [-0.2, -0.15) is 4.31 Å². The molecule has 1 aromatic carbocycles. The summed E-state index contributed by atoms with van der Waals surface area (Å²) in [5.74, 6) is 0.807. The molecule has 0 bridgehead atoms. The second-order valence-electron chi connectivity index (χ2n) is 8.03. The molecule has 4 heterocycles. The van der Waals surface area contributed by atoms with Crippen molar-refractivity contribution < 1.29 is 17.9 Å². The molecule has 0 N–H and O–H groups in total. The third kappa shape index (κ3) is 3.11. The van der Waals surface area contributed by atoms with Crippen molar-refractivity contribution in [3.8, 4) is 5.75 Å². The molecule has 2 fully saturated rings. The lowest BCUT2D eigenvalue weighted by atomic mass is 9.86. The van der Waals surface area contributed by atoms with E-state index in [0.717, 1.165) is 23.4 Å². The molecular weight excluding hydrogens is 390 g/mol. The standard InChI is InChI=1S/C21H23N3O4S/c25-20-21(7-10-23(20)14-17-3-1-2-9-22-17)8-11-24(15-21)29(26,27)18-4-5-19-16(13-18)6-12-28-19/h1-5,9,13H,6-8,10-12,14-15H2. The van der Waals surface area contributed by atoms with Crippen molar-refractivity contribution in [1.29, 1.82) is 0 Å². The normalized spacial score (nSPS) is 24.3. The van der Waals surface area contributed by atoms with Crippen LogP contribution in [0.25, 0.3) is 0 Å². The molecule has 1 spiro atoms. The number of pyridine rings is 1. The first-order valence-corrected chi connectivity index (χ1v) is 11.4. The quantitative estimate of drug-likeness (QED) is 0.764. The highest BCUT2D eigenvalue weighted by molar-refractivity contribution is 7.89. The average Bonchev–Trinajstić information content (AvgIpc) is 3.45. The summed E-state index contributed by atoms with van der Waals surface area (Å²) in [7, 11) is -3.63. The Hall–Kier alpha value is -2.45. The molecule has 152 valence electrons. The van der Waals surface area contributed by atoms with Gasteiger partial charge >= 0.3 is 0 Å². The first-order chi connectivity index (χ1) is 14.0. The van der Waals surface area contributed by atoms with Crippen LogP contribution >= 0.6 is 0 Å². The van der Waals surface area contributed by atoms with Crippen molar-refractivity contribution in [2.45, 2.75) is 30.7 Å². The van der Waals surface area contributed by atoms with E-state index in [1.54, 1.807) is 24.4 Å². The van der Waals surface area contributed by atoms with E-state index >= 15 is 0 Å². The van der Waals surface area contributed by atoms with Crippen LogP contribution < -0.4 is 4.74 Å². The van der Waals surface area contributed by atoms with E-state index in [0.29, 0.717) is 39.1 Å². The summed E-state index contributed by atoms with van der Waals surface area (Å²) in [6, 6.07) is 10.7. The lowest BCUT2D eigenvalue weighted by Gasteiger charge is -2.23. The lowest BCUT2D eigenvalue weighted by molar-refractivity contribution is -0.135. The summed E-state index contributed by atoms with van der Waals surface area (Å²) >= 11 is 0. The maximum atomic E-state index is 13.2. The van der Waals surface area contributed by atoms with Crippen LogP contribution in [0.2, 0.25) is 0 Å². The number of aromatic nitrogens is 1. The van der Waals surface area contributed by atoms with E-state index in [9.17, 15) is 13.2 Å². The summed E-state index contributed by atoms with van der Waals surface area (Å²) in [6.07, 6.45) is 3.70. The summed E-state index contributed by atoms with van der Waals surface area (Å²) in [4.78, 5) is 19.6. The fourth-order valence-corrected chi connectivity index (χ4v) is 6.20. The highest BCUT2D eigenvalue weighted by Crippen LogP contribution is 2.43. The lowest BCUT2D eigenvalue weighted by Crippen LogP contribution is -2.38. The minimum absolute atomic E-state index is 0.0446. The molecule has 1 unspecified atom stereocenters. The van der Waals surface area contributed by atoms with Gasteiger partial charge in [-0.1, -0.05) is 6.07 Å². The molecule has 2 saturated heterocycles. The Morgan fingerprint density at radius 2 is 2.00 bits per heavy atom. The summed E-state index contributed by atoms with van der Waals surface area (Å²) in [6.45, 7) is 2.32. The van der Waals surface area contributed by atoms with Gasteiger partial charge in [0.15, 0.2) is 0 Å². The Balaban J connectivity index is 1.33. The molecule has 5 rings (SSSR count). The fourth-order valence-electron chi connectivity index (χ4n) is 4.62. The van der Waals surface area contributed by atoms with Crippen molar-refractivity contribution in [3.05, 3.63) is 53.9 Å². The number of sulfonamides is 1. The number of benzene rings is 1. The fraction of sp³-hybridized carbons (Fsp3) is 0.429. The maximum Gasteiger partial charge on any atom is 0.243 e. The third-order valence-electron chi connectivity index (χ3n) is 6.30. The van der Waals surface area contributed by atoms with Crippen LogP contribution in [-0.2, 0) is 27.8 Å². The smallest absolute Gasteiger partial charge is 0.243 e. The monoisotopic (exact) mass is 413 g/mol. The molecule has 2 aromatic rings. The van der Waals surface area contributed by atoms with Gasteiger partial charge in [0.05, 0.1) is 29.2 Å². The van der Waals surface area contributed by atoms with Crippen molar-refractivity contribution in [1.82, 2.24) is 14.2 Å². The van der Waals surface area contributed by atoms with Gasteiger partial charge in [-0.15, -0.1) is 0 Å². The summed E-state index contributed by atoms with van der Waals surface area (Å²) < 4.78 is 33.4. The number of fused-ring (bicyclic) bond motifs is 1. The minimum Gasteiger partial charge on any atom is -0.493 e. The van der Waals surface area contributed by atoms with E-state index in [-0.39, 0.29) is 17.3 Å². The van der Waals surface area contributed by atoms with Crippen LogP contribution in [-0.4, -0.2) is 54.8 Å². The topological polar surface area (TPSA) is 79.8 Å². The molecule has 8 heteroatoms. The van der Waals surface area contributed by atoms with Gasteiger partial charge < -0.3 is 9.64 Å². The highest BCUT2D eigenvalue weighted by atomic mass is 32.2. The first-order valence-electron chi connectivity index (χ1n) is 9.93. The first kappa shape index (κ1) is 18.6. The largest absolute Gasteiger partial charge is 0.493 e. The van der Waals surface area contributed by atoms with Crippen LogP contribution in [0.3, 0.4) is 0 Å². The average molecular weight is 413 g/mol. The zero-order valence-corrected chi connectivity index (χ0v) is 16.9. The molecule has 29 heavy (non-hydrogen) atoms. The molecule has 3 aliphatic rings. The van der Waals surface area contributed by atoms with Crippen molar-refractivity contribution in [3.63, 3.8) is 0 Å². The predicted molar refractivity (Wildman–Crippen MR) is 106 cm³/mol. The molecular formula is C21H23N3O4S. The third-order valence-corrected chi connectivity index (χ3v) is 8.14. The molecule has 1 amide bonds. The van der Waals surface area contributed by atoms with E-state index in [1.165, 1.54) is 4.31 Å². The van der Waals surface area contributed by atoms with E-state index < -0.39 is 15.4 Å². The zero-order chi connectivity index (χ0) is 20.1. The van der Waals surface area contributed by atoms with Gasteiger partial charge in [-0.3, -0.25) is 9.78 Å². The number of hydrogen-bond donors (Lipinski definition) is 0. The molecule has 0 radical (unpaired) electrons. The Labute approximate surface area is 170 Å². The number of likely N-dealkylation sites (tertiary alicyclic amines) is 1. The second-order valence-corrected chi connectivity index (χ2v) is 9.97. The van der Waals surface area contributed by atoms with Gasteiger partial charge in [0, 0.05) is 32.3 Å². The SMILES string of the molecule is O=C1N(Cc2ccccn2)CCC12CCN(S(=O)(=O)c1ccc3c(c1)CCO3)C2. The van der Waals surface area contributed by atoms with Crippen LogP contribution in [0.5, 0.6) is 5.75 Å². The van der Waals surface area contributed by atoms with Crippen LogP contribution in [0.1, 0.15) is 24.1 Å². The van der Waals surface area contributed by atoms with Crippen molar-refractivity contribution in [2.24, 2.45) is 5.41 Å². The zero-order valence-electron chi connectivity index (χ0n) is 16.1. The number of carbonyl (C=O) groups excluding carboxylic acids is 1. The maximum absolute atomic E-state index is 13.2. The molecule has 7 nitrogen and oxygen atoms in total. The minimum atomic E-state index is -3.63. The summed E-state index contributed by atoms with van der Waals surface area (Å²) in [5.41, 5.74) is 1.17. The Kier molecular flexibility index (Phi) is 4.36. The highest BCUT2D eigenvalue weighted by Gasteiger charge is 2.53. The van der Waals surface area contributed by atoms with E-state index in [1.807, 2.05) is 23.1 Å². The second kappa shape index (κ2) is 6.81. The van der Waals surface area contributed by atoms with Crippen LogP contribution in [0.4, 0.5) is 0 Å². The number of nitrogens with zero attached hydrogens (tertiary/aromatic N) is 3. The summed E-state index contributed by atoms with van der Waals surface area (Å²) in [5, 5.41) is 0. The number of carbonyl (C=O) groups is 1. The van der Waals surface area contributed by atoms with Crippen molar-refractivity contribution >= 4 is 15.9 Å². The number of hydrogen-bond acceptors (Lipinski definition) is 5. The molecule has 1 aromatic heterocycles. The van der Waals surface area contributed by atoms with E-state index in [4.69, 9.17) is 4.74 Å². The molecule has 1 atom stereocenters. The van der Waals surface area contributed by atoms with Gasteiger partial charge in [0.1, 0.15) is 5.75 Å². The van der Waals surface area contributed by atoms with Gasteiger partial charge in [-0.05, 0) is 48.7 Å². The number of ether oxygens (including phenoxy) is 1. The number of amides is 1. The number of rotatable bonds is 4. The Morgan fingerprint density at radius 3 is 2.83 bits per heavy atom. The molecule has 0 aliphatic carbocycles. The molecule has 3 aliphatic heterocycles. The molecule has 0 saturated carbocycles. The van der Waals surface area contributed by atoms with Crippen LogP contribution in [0.15, 0.2) is 47.5 Å².